The number of hydrogen-bond acceptors (Lipinski definition) is 4. The van der Waals surface area contributed by atoms with Crippen molar-refractivity contribution in [2.75, 3.05) is 52.4 Å². The van der Waals surface area contributed by atoms with Gasteiger partial charge in [-0.2, -0.15) is 17.0 Å². The van der Waals surface area contributed by atoms with Crippen molar-refractivity contribution < 1.29 is 13.2 Å². The third-order valence-corrected chi connectivity index (χ3v) is 7.75. The Morgan fingerprint density at radius 3 is 2.04 bits per heavy atom. The number of piperidine rings is 2. The zero-order valence-electron chi connectivity index (χ0n) is 15.2. The van der Waals surface area contributed by atoms with Crippen LogP contribution in [0.25, 0.3) is 0 Å². The molecule has 0 spiro atoms. The van der Waals surface area contributed by atoms with Crippen LogP contribution in [0.4, 0.5) is 0 Å². The molecule has 1 N–H and O–H groups in total. The number of rotatable bonds is 6. The first-order chi connectivity index (χ1) is 12.1. The molecule has 0 aliphatic carbocycles. The predicted octanol–water partition coefficient (Wildman–Crippen LogP) is 0.641. The maximum Gasteiger partial charge on any atom is 0.281 e. The molecule has 3 aliphatic rings. The van der Waals surface area contributed by atoms with E-state index in [2.05, 4.69) is 10.2 Å². The third kappa shape index (κ3) is 4.93. The Hall–Kier alpha value is -0.700. The molecule has 0 bridgehead atoms. The lowest BCUT2D eigenvalue weighted by molar-refractivity contribution is -0.126. The van der Waals surface area contributed by atoms with Gasteiger partial charge < -0.3 is 10.2 Å². The Balaban J connectivity index is 1.40. The average Bonchev–Trinajstić information content (AvgIpc) is 3.16. The van der Waals surface area contributed by atoms with Crippen LogP contribution < -0.4 is 5.32 Å². The zero-order chi connectivity index (χ0) is 17.7. The van der Waals surface area contributed by atoms with E-state index in [0.717, 1.165) is 38.9 Å². The van der Waals surface area contributed by atoms with Crippen LogP contribution >= 0.6 is 0 Å². The highest BCUT2D eigenvalue weighted by Gasteiger charge is 2.35. The maximum atomic E-state index is 12.7. The lowest BCUT2D eigenvalue weighted by Crippen LogP contribution is -2.50. The van der Waals surface area contributed by atoms with Crippen LogP contribution in [-0.2, 0) is 15.0 Å². The standard InChI is InChI=1S/C17H32N4O3S/c22-17(18-8-15-19-9-4-5-10-19)16-6-13-21(14-7-16)25(23,24)20-11-2-1-3-12-20/h16H,1-15H2,(H,18,22). The summed E-state index contributed by atoms with van der Waals surface area (Å²) in [7, 11) is -3.33. The molecule has 0 aromatic carbocycles. The van der Waals surface area contributed by atoms with E-state index in [4.69, 9.17) is 0 Å². The van der Waals surface area contributed by atoms with Gasteiger partial charge in [0.25, 0.3) is 10.2 Å². The second-order valence-corrected chi connectivity index (χ2v) is 9.41. The molecule has 0 aromatic rings. The monoisotopic (exact) mass is 372 g/mol. The number of hydrogen-bond donors (Lipinski definition) is 1. The number of nitrogens with zero attached hydrogens (tertiary/aromatic N) is 3. The van der Waals surface area contributed by atoms with Gasteiger partial charge >= 0.3 is 0 Å². The average molecular weight is 373 g/mol. The summed E-state index contributed by atoms with van der Waals surface area (Å²) >= 11 is 0. The van der Waals surface area contributed by atoms with Gasteiger partial charge in [0.05, 0.1) is 0 Å². The number of nitrogens with one attached hydrogen (secondary N) is 1. The van der Waals surface area contributed by atoms with Gasteiger partial charge in [-0.25, -0.2) is 0 Å². The summed E-state index contributed by atoms with van der Waals surface area (Å²) in [6.45, 7) is 6.11. The van der Waals surface area contributed by atoms with Gasteiger partial charge in [0.1, 0.15) is 0 Å². The van der Waals surface area contributed by atoms with E-state index >= 15 is 0 Å². The summed E-state index contributed by atoms with van der Waals surface area (Å²) in [5.74, 6) is 0.0422. The second kappa shape index (κ2) is 8.79. The molecule has 25 heavy (non-hydrogen) atoms. The Labute approximate surface area is 151 Å². The van der Waals surface area contributed by atoms with Crippen molar-refractivity contribution >= 4 is 16.1 Å². The van der Waals surface area contributed by atoms with Gasteiger partial charge in [-0.1, -0.05) is 6.42 Å². The van der Waals surface area contributed by atoms with E-state index in [1.807, 2.05) is 0 Å². The van der Waals surface area contributed by atoms with E-state index in [1.165, 1.54) is 12.8 Å². The molecule has 3 fully saturated rings. The molecule has 0 saturated carbocycles. The lowest BCUT2D eigenvalue weighted by atomic mass is 9.97. The van der Waals surface area contributed by atoms with Crippen LogP contribution in [0, 0.1) is 5.92 Å². The number of amides is 1. The van der Waals surface area contributed by atoms with E-state index in [0.29, 0.717) is 45.6 Å². The Morgan fingerprint density at radius 2 is 1.40 bits per heavy atom. The van der Waals surface area contributed by atoms with Crippen molar-refractivity contribution in [3.63, 3.8) is 0 Å². The molecule has 1 amide bonds. The fourth-order valence-electron chi connectivity index (χ4n) is 4.10. The van der Waals surface area contributed by atoms with Gasteiger partial charge in [0.2, 0.25) is 5.91 Å². The van der Waals surface area contributed by atoms with Crippen molar-refractivity contribution in [2.45, 2.75) is 44.9 Å². The van der Waals surface area contributed by atoms with Crippen LogP contribution in [0.15, 0.2) is 0 Å². The first kappa shape index (κ1) is 19.1. The molecule has 0 unspecified atom stereocenters. The van der Waals surface area contributed by atoms with E-state index in [9.17, 15) is 13.2 Å². The number of likely N-dealkylation sites (tertiary alicyclic amines) is 1. The fraction of sp³-hybridized carbons (Fsp3) is 0.941. The maximum absolute atomic E-state index is 12.7. The largest absolute Gasteiger partial charge is 0.355 e. The molecule has 144 valence electrons. The van der Waals surface area contributed by atoms with E-state index in [1.54, 1.807) is 8.61 Å². The molecule has 3 aliphatic heterocycles. The minimum absolute atomic E-state index is 0.0496. The lowest BCUT2D eigenvalue weighted by Gasteiger charge is -2.35. The Bertz CT molecular complexity index is 534. The summed E-state index contributed by atoms with van der Waals surface area (Å²) < 4.78 is 28.6. The Kier molecular flexibility index (Phi) is 6.71. The summed E-state index contributed by atoms with van der Waals surface area (Å²) in [6.07, 6.45) is 6.80. The van der Waals surface area contributed by atoms with Gasteiger partial charge in [-0.15, -0.1) is 0 Å². The van der Waals surface area contributed by atoms with Crippen LogP contribution in [0.2, 0.25) is 0 Å². The van der Waals surface area contributed by atoms with E-state index in [-0.39, 0.29) is 11.8 Å². The Morgan fingerprint density at radius 1 is 0.840 bits per heavy atom. The first-order valence-corrected chi connectivity index (χ1v) is 11.2. The van der Waals surface area contributed by atoms with Crippen LogP contribution in [0.5, 0.6) is 0 Å². The minimum atomic E-state index is -3.33. The van der Waals surface area contributed by atoms with Crippen LogP contribution in [0.1, 0.15) is 44.9 Å². The summed E-state index contributed by atoms with van der Waals surface area (Å²) in [4.78, 5) is 14.7. The van der Waals surface area contributed by atoms with Gasteiger partial charge in [0, 0.05) is 45.2 Å². The summed E-state index contributed by atoms with van der Waals surface area (Å²) in [5.41, 5.74) is 0. The van der Waals surface area contributed by atoms with Crippen molar-refractivity contribution in [3.05, 3.63) is 0 Å². The SMILES string of the molecule is O=C(NCCN1CCCC1)C1CCN(S(=O)(=O)N2CCCCC2)CC1. The molecule has 8 heteroatoms. The number of carbonyl (C=O) groups is 1. The van der Waals surface area contributed by atoms with Crippen LogP contribution in [-0.4, -0.2) is 80.2 Å². The van der Waals surface area contributed by atoms with Gasteiger partial charge in [-0.3, -0.25) is 4.79 Å². The van der Waals surface area contributed by atoms with Crippen molar-refractivity contribution in [2.24, 2.45) is 5.92 Å². The molecular weight excluding hydrogens is 340 g/mol. The first-order valence-electron chi connectivity index (χ1n) is 9.82. The molecule has 3 saturated heterocycles. The third-order valence-electron chi connectivity index (χ3n) is 5.72. The topological polar surface area (TPSA) is 73.0 Å². The summed E-state index contributed by atoms with van der Waals surface area (Å²) in [6, 6.07) is 0. The highest BCUT2D eigenvalue weighted by atomic mass is 32.2. The van der Waals surface area contributed by atoms with Crippen molar-refractivity contribution in [1.82, 2.24) is 18.8 Å². The molecule has 0 radical (unpaired) electrons. The van der Waals surface area contributed by atoms with Crippen molar-refractivity contribution in [3.8, 4) is 0 Å². The molecule has 3 rings (SSSR count). The molecule has 0 aromatic heterocycles. The summed E-state index contributed by atoms with van der Waals surface area (Å²) in [5, 5.41) is 3.04. The molecular formula is C17H32N4O3S. The predicted molar refractivity (Wildman–Crippen MR) is 97.3 cm³/mol. The smallest absolute Gasteiger partial charge is 0.281 e. The highest BCUT2D eigenvalue weighted by molar-refractivity contribution is 7.86. The zero-order valence-corrected chi connectivity index (χ0v) is 16.0. The fourth-order valence-corrected chi connectivity index (χ4v) is 5.81. The molecule has 0 atom stereocenters. The number of carbonyl (C=O) groups excluding carboxylic acids is 1. The van der Waals surface area contributed by atoms with Crippen LogP contribution in [0.3, 0.4) is 0 Å². The van der Waals surface area contributed by atoms with E-state index < -0.39 is 10.2 Å². The quantitative estimate of drug-likeness (QED) is 0.743. The van der Waals surface area contributed by atoms with Gasteiger partial charge in [0.15, 0.2) is 0 Å². The molecule has 7 nitrogen and oxygen atoms in total. The van der Waals surface area contributed by atoms with Crippen molar-refractivity contribution in [1.29, 1.82) is 0 Å². The normalized spacial score (nSPS) is 25.3. The molecule has 3 heterocycles. The highest BCUT2D eigenvalue weighted by Crippen LogP contribution is 2.23. The second-order valence-electron chi connectivity index (χ2n) is 7.48. The van der Waals surface area contributed by atoms with Gasteiger partial charge in [-0.05, 0) is 51.6 Å². The minimum Gasteiger partial charge on any atom is -0.355 e.